The maximum Gasteiger partial charge on any atom is 0.137 e. The Hall–Kier alpha value is -0.410. The third-order valence-electron chi connectivity index (χ3n) is 5.47. The topological polar surface area (TPSA) is 29.5 Å². The predicted octanol–water partition coefficient (Wildman–Crippen LogP) is 3.38. The zero-order valence-electron chi connectivity index (χ0n) is 14.4. The van der Waals surface area contributed by atoms with Gasteiger partial charge in [-0.25, -0.2) is 0 Å². The second-order valence-corrected chi connectivity index (χ2v) is 8.22. The average Bonchev–Trinajstić information content (AvgIpc) is 2.41. The molecule has 3 atom stereocenters. The van der Waals surface area contributed by atoms with E-state index in [4.69, 9.17) is 4.74 Å². The molecule has 3 heteroatoms. The van der Waals surface area contributed by atoms with Crippen molar-refractivity contribution in [3.8, 4) is 0 Å². The average molecular weight is 295 g/mol. The summed E-state index contributed by atoms with van der Waals surface area (Å²) in [6.07, 6.45) is 5.49. The van der Waals surface area contributed by atoms with Crippen LogP contribution in [0.3, 0.4) is 0 Å². The summed E-state index contributed by atoms with van der Waals surface area (Å²) in [6, 6.07) is 0. The summed E-state index contributed by atoms with van der Waals surface area (Å²) in [5.74, 6) is 2.12. The van der Waals surface area contributed by atoms with Gasteiger partial charge in [-0.2, -0.15) is 0 Å². The second-order valence-electron chi connectivity index (χ2n) is 8.22. The molecule has 1 saturated carbocycles. The van der Waals surface area contributed by atoms with E-state index in [-0.39, 0.29) is 5.92 Å². The number of carbonyl (C=O) groups excluding carboxylic acids is 1. The number of ether oxygens (including phenoxy) is 1. The zero-order valence-corrected chi connectivity index (χ0v) is 14.4. The normalized spacial score (nSPS) is 32.4. The lowest BCUT2D eigenvalue weighted by molar-refractivity contribution is -0.127. The molecule has 0 spiro atoms. The number of Topliss-reactive ketones (excluding diaryl/α,β-unsaturated/α-hetero) is 1. The van der Waals surface area contributed by atoms with E-state index in [2.05, 4.69) is 25.7 Å². The molecule has 1 saturated heterocycles. The van der Waals surface area contributed by atoms with Crippen LogP contribution in [-0.2, 0) is 9.53 Å². The van der Waals surface area contributed by atoms with Gasteiger partial charge in [0.1, 0.15) is 5.78 Å². The second kappa shape index (κ2) is 7.23. The van der Waals surface area contributed by atoms with E-state index in [0.717, 1.165) is 45.5 Å². The van der Waals surface area contributed by atoms with Crippen molar-refractivity contribution in [2.24, 2.45) is 23.2 Å². The van der Waals surface area contributed by atoms with Crippen LogP contribution in [0, 0.1) is 23.2 Å². The molecule has 0 N–H and O–H groups in total. The maximum absolute atomic E-state index is 12.3. The van der Waals surface area contributed by atoms with Crippen LogP contribution in [0.2, 0.25) is 0 Å². The molecule has 0 radical (unpaired) electrons. The summed E-state index contributed by atoms with van der Waals surface area (Å²) in [4.78, 5) is 14.8. The Morgan fingerprint density at radius 2 is 2.05 bits per heavy atom. The fourth-order valence-corrected chi connectivity index (χ4v) is 4.08. The van der Waals surface area contributed by atoms with Gasteiger partial charge >= 0.3 is 0 Å². The Labute approximate surface area is 130 Å². The van der Waals surface area contributed by atoms with Crippen LogP contribution in [0.1, 0.15) is 52.9 Å². The number of carbonyl (C=O) groups is 1. The maximum atomic E-state index is 12.3. The summed E-state index contributed by atoms with van der Waals surface area (Å²) in [7, 11) is 1.79. The third kappa shape index (κ3) is 4.79. The Bertz CT molecular complexity index is 346. The van der Waals surface area contributed by atoms with Gasteiger partial charge in [0.15, 0.2) is 0 Å². The van der Waals surface area contributed by atoms with E-state index in [0.29, 0.717) is 23.0 Å². The Morgan fingerprint density at radius 3 is 2.71 bits per heavy atom. The number of rotatable bonds is 4. The van der Waals surface area contributed by atoms with Gasteiger partial charge in [-0.05, 0) is 49.5 Å². The molecule has 0 amide bonds. The first-order chi connectivity index (χ1) is 9.90. The monoisotopic (exact) mass is 295 g/mol. The van der Waals surface area contributed by atoms with Crippen molar-refractivity contribution in [2.45, 2.75) is 52.9 Å². The van der Waals surface area contributed by atoms with E-state index in [1.807, 2.05) is 0 Å². The van der Waals surface area contributed by atoms with Crippen molar-refractivity contribution in [3.05, 3.63) is 0 Å². The molecule has 2 fully saturated rings. The number of methoxy groups -OCH3 is 1. The summed E-state index contributed by atoms with van der Waals surface area (Å²) < 4.78 is 5.31. The highest BCUT2D eigenvalue weighted by Gasteiger charge is 2.36. The molecule has 3 unspecified atom stereocenters. The first-order valence-corrected chi connectivity index (χ1v) is 8.64. The highest BCUT2D eigenvalue weighted by Crippen LogP contribution is 2.39. The van der Waals surface area contributed by atoms with Crippen LogP contribution in [0.25, 0.3) is 0 Å². The predicted molar refractivity (Wildman–Crippen MR) is 86.3 cm³/mol. The first kappa shape index (κ1) is 17.0. The third-order valence-corrected chi connectivity index (χ3v) is 5.47. The Morgan fingerprint density at radius 1 is 1.29 bits per heavy atom. The lowest BCUT2D eigenvalue weighted by Crippen LogP contribution is -2.43. The molecule has 0 aromatic carbocycles. The number of hydrogen-bond acceptors (Lipinski definition) is 3. The van der Waals surface area contributed by atoms with E-state index < -0.39 is 0 Å². The number of piperidine rings is 1. The van der Waals surface area contributed by atoms with Crippen LogP contribution in [0.5, 0.6) is 0 Å². The van der Waals surface area contributed by atoms with Crippen molar-refractivity contribution in [1.82, 2.24) is 4.90 Å². The molecular formula is C18H33NO2. The zero-order chi connectivity index (χ0) is 15.5. The van der Waals surface area contributed by atoms with E-state index in [1.165, 1.54) is 12.8 Å². The van der Waals surface area contributed by atoms with Crippen LogP contribution in [-0.4, -0.2) is 44.0 Å². The molecule has 0 aromatic heterocycles. The van der Waals surface area contributed by atoms with Gasteiger partial charge in [0.25, 0.3) is 0 Å². The van der Waals surface area contributed by atoms with Gasteiger partial charge in [0.2, 0.25) is 0 Å². The van der Waals surface area contributed by atoms with E-state index >= 15 is 0 Å². The van der Waals surface area contributed by atoms with Crippen LogP contribution in [0.4, 0.5) is 0 Å². The molecule has 122 valence electrons. The molecule has 1 aliphatic carbocycles. The highest BCUT2D eigenvalue weighted by molar-refractivity contribution is 5.82. The van der Waals surface area contributed by atoms with Gasteiger partial charge < -0.3 is 9.64 Å². The van der Waals surface area contributed by atoms with Crippen molar-refractivity contribution in [2.75, 3.05) is 33.4 Å². The quantitative estimate of drug-likeness (QED) is 0.796. The molecular weight excluding hydrogens is 262 g/mol. The highest BCUT2D eigenvalue weighted by atomic mass is 16.5. The molecule has 0 bridgehead atoms. The number of hydrogen-bond donors (Lipinski definition) is 0. The standard InChI is InChI=1S/C18H33NO2/c1-18(2,3)16-7-8-17(20)15(10-16)12-19-9-5-6-14(11-19)13-21-4/h14-16H,5-13H2,1-4H3. The van der Waals surface area contributed by atoms with Gasteiger partial charge in [-0.15, -0.1) is 0 Å². The number of nitrogens with zero attached hydrogens (tertiary/aromatic N) is 1. The minimum absolute atomic E-state index is 0.268. The first-order valence-electron chi connectivity index (χ1n) is 8.64. The smallest absolute Gasteiger partial charge is 0.137 e. The molecule has 1 aliphatic heterocycles. The minimum Gasteiger partial charge on any atom is -0.384 e. The van der Waals surface area contributed by atoms with Gasteiger partial charge in [0, 0.05) is 32.5 Å². The summed E-state index contributed by atoms with van der Waals surface area (Å²) >= 11 is 0. The van der Waals surface area contributed by atoms with Crippen LogP contribution >= 0.6 is 0 Å². The SMILES string of the molecule is COCC1CCCN(CC2CC(C(C)(C)C)CCC2=O)C1. The molecule has 2 aliphatic rings. The van der Waals surface area contributed by atoms with Crippen molar-refractivity contribution in [1.29, 1.82) is 0 Å². The lowest BCUT2D eigenvalue weighted by atomic mass is 9.68. The molecule has 1 heterocycles. The number of likely N-dealkylation sites (tertiary alicyclic amines) is 1. The van der Waals surface area contributed by atoms with Crippen molar-refractivity contribution < 1.29 is 9.53 Å². The summed E-state index contributed by atoms with van der Waals surface area (Å²) in [6.45, 7) is 11.1. The molecule has 0 aromatic rings. The van der Waals surface area contributed by atoms with Crippen molar-refractivity contribution >= 4 is 5.78 Å². The summed E-state index contributed by atoms with van der Waals surface area (Å²) in [5.41, 5.74) is 0.333. The van der Waals surface area contributed by atoms with Gasteiger partial charge in [0.05, 0.1) is 6.61 Å². The van der Waals surface area contributed by atoms with Crippen LogP contribution < -0.4 is 0 Å². The molecule has 21 heavy (non-hydrogen) atoms. The minimum atomic E-state index is 0.268. The Kier molecular flexibility index (Phi) is 5.84. The fourth-order valence-electron chi connectivity index (χ4n) is 4.08. The largest absolute Gasteiger partial charge is 0.384 e. The summed E-state index contributed by atoms with van der Waals surface area (Å²) in [5, 5.41) is 0. The van der Waals surface area contributed by atoms with E-state index in [9.17, 15) is 4.79 Å². The molecule has 3 nitrogen and oxygen atoms in total. The van der Waals surface area contributed by atoms with Gasteiger partial charge in [-0.3, -0.25) is 4.79 Å². The van der Waals surface area contributed by atoms with Gasteiger partial charge in [-0.1, -0.05) is 20.8 Å². The fraction of sp³-hybridized carbons (Fsp3) is 0.944. The lowest BCUT2D eigenvalue weighted by Gasteiger charge is -2.40. The molecule has 2 rings (SSSR count). The van der Waals surface area contributed by atoms with Crippen LogP contribution in [0.15, 0.2) is 0 Å². The Balaban J connectivity index is 1.89. The van der Waals surface area contributed by atoms with Crippen molar-refractivity contribution in [3.63, 3.8) is 0 Å². The number of ketones is 1. The van der Waals surface area contributed by atoms with E-state index in [1.54, 1.807) is 7.11 Å².